The number of ether oxygens (including phenoxy) is 2. The lowest BCUT2D eigenvalue weighted by molar-refractivity contribution is -0.145. The van der Waals surface area contributed by atoms with Gasteiger partial charge >= 0.3 is 11.9 Å². The largest absolute Gasteiger partial charge is 0.461 e. The highest BCUT2D eigenvalue weighted by atomic mass is 16.5. The summed E-state index contributed by atoms with van der Waals surface area (Å²) in [7, 11) is 0. The molecule has 0 aliphatic heterocycles. The molecule has 1 aromatic rings. The van der Waals surface area contributed by atoms with Crippen molar-refractivity contribution >= 4 is 11.9 Å². The molecule has 1 fully saturated rings. The predicted octanol–water partition coefficient (Wildman–Crippen LogP) is 4.98. The summed E-state index contributed by atoms with van der Waals surface area (Å²) in [5, 5.41) is 18.3. The molecule has 2 rings (SSSR count). The second-order valence-corrected chi connectivity index (χ2v) is 10.1. The summed E-state index contributed by atoms with van der Waals surface area (Å²) in [6.07, 6.45) is 10.3. The minimum Gasteiger partial charge on any atom is -0.461 e. The Labute approximate surface area is 210 Å². The molecule has 0 atom stereocenters. The molecule has 2 N–H and O–H groups in total. The van der Waals surface area contributed by atoms with Gasteiger partial charge in [0.15, 0.2) is 0 Å². The number of hydrogen-bond donors (Lipinski definition) is 2. The highest BCUT2D eigenvalue weighted by molar-refractivity contribution is 5.88. The zero-order chi connectivity index (χ0) is 25.8. The van der Waals surface area contributed by atoms with Crippen molar-refractivity contribution in [2.45, 2.75) is 76.5 Å². The van der Waals surface area contributed by atoms with E-state index in [1.807, 2.05) is 19.1 Å². The van der Waals surface area contributed by atoms with Crippen molar-refractivity contribution in [1.29, 1.82) is 0 Å². The van der Waals surface area contributed by atoms with E-state index in [1.54, 1.807) is 0 Å². The van der Waals surface area contributed by atoms with Crippen LogP contribution in [-0.2, 0) is 24.5 Å². The molecule has 0 radical (unpaired) electrons. The maximum atomic E-state index is 12.1. The van der Waals surface area contributed by atoms with E-state index in [2.05, 4.69) is 32.2 Å². The monoisotopic (exact) mass is 486 g/mol. The van der Waals surface area contributed by atoms with Crippen LogP contribution in [-0.4, -0.2) is 48.6 Å². The summed E-state index contributed by atoms with van der Waals surface area (Å²) in [4.78, 5) is 24.2. The average molecular weight is 487 g/mol. The molecule has 0 aromatic heterocycles. The summed E-state index contributed by atoms with van der Waals surface area (Å²) < 4.78 is 10.7. The second kappa shape index (κ2) is 14.2. The fourth-order valence-corrected chi connectivity index (χ4v) is 4.62. The zero-order valence-electron chi connectivity index (χ0n) is 21.4. The minimum absolute atomic E-state index is 0.0429. The number of hydrogen-bond acceptors (Lipinski definition) is 6. The molecule has 6 heteroatoms. The van der Waals surface area contributed by atoms with Crippen LogP contribution in [0.3, 0.4) is 0 Å². The molecule has 0 heterocycles. The van der Waals surface area contributed by atoms with Crippen LogP contribution in [0.25, 0.3) is 0 Å². The van der Waals surface area contributed by atoms with E-state index < -0.39 is 30.6 Å². The Kier molecular flexibility index (Phi) is 11.7. The highest BCUT2D eigenvalue weighted by Gasteiger charge is 2.32. The normalized spacial score (nSPS) is 18.1. The second-order valence-electron chi connectivity index (χ2n) is 10.1. The van der Waals surface area contributed by atoms with Crippen molar-refractivity contribution in [3.05, 3.63) is 59.7 Å². The molecule has 0 amide bonds. The maximum absolute atomic E-state index is 12.1. The van der Waals surface area contributed by atoms with Gasteiger partial charge in [0.2, 0.25) is 0 Å². The van der Waals surface area contributed by atoms with Crippen LogP contribution < -0.4 is 0 Å². The molecule has 0 unspecified atom stereocenters. The first-order valence-electron chi connectivity index (χ1n) is 12.8. The van der Waals surface area contributed by atoms with Crippen molar-refractivity contribution < 1.29 is 29.3 Å². The van der Waals surface area contributed by atoms with Gasteiger partial charge in [0.05, 0.1) is 29.8 Å². The average Bonchev–Trinajstić information content (AvgIpc) is 2.90. The third kappa shape index (κ3) is 8.62. The quantitative estimate of drug-likeness (QED) is 0.219. The van der Waals surface area contributed by atoms with Crippen molar-refractivity contribution in [3.63, 3.8) is 0 Å². The first-order valence-corrected chi connectivity index (χ1v) is 12.8. The minimum atomic E-state index is -0.827. The van der Waals surface area contributed by atoms with Crippen LogP contribution in [0.15, 0.2) is 48.6 Å². The molecule has 0 saturated heterocycles. The Morgan fingerprint density at radius 1 is 0.914 bits per heavy atom. The molecule has 35 heavy (non-hydrogen) atoms. The van der Waals surface area contributed by atoms with E-state index in [4.69, 9.17) is 19.7 Å². The van der Waals surface area contributed by atoms with Gasteiger partial charge in [0.25, 0.3) is 0 Å². The number of aliphatic hydroxyl groups excluding tert-OH is 2. The van der Waals surface area contributed by atoms with Gasteiger partial charge in [-0.3, -0.25) is 0 Å². The number of unbranched alkanes of at least 4 members (excludes halogenated alkanes) is 2. The number of carbonyl (C=O) groups is 2. The first kappa shape index (κ1) is 28.8. The van der Waals surface area contributed by atoms with Gasteiger partial charge in [-0.25, -0.2) is 9.59 Å². The number of carbonyl (C=O) groups excluding carboxylic acids is 2. The molecule has 1 aromatic carbocycles. The highest BCUT2D eigenvalue weighted by Crippen LogP contribution is 2.38. The van der Waals surface area contributed by atoms with E-state index in [9.17, 15) is 9.59 Å². The molecule has 194 valence electrons. The molecular formula is C29H42O6. The van der Waals surface area contributed by atoms with E-state index in [0.29, 0.717) is 5.92 Å². The van der Waals surface area contributed by atoms with Crippen molar-refractivity contribution in [1.82, 2.24) is 0 Å². The standard InChI is InChI=1S/C29H42O6/c1-5-6-7-8-23-9-11-24(12-10-23)25-13-15-26(16-14-25)29(4,19-34-27(32)21(2)17-30)20-35-28(33)22(3)18-31/h13-16,23-24,30-31H,2-3,5-12,17-20H2,1,4H3. The van der Waals surface area contributed by atoms with E-state index in [-0.39, 0.29) is 24.4 Å². The number of benzene rings is 1. The van der Waals surface area contributed by atoms with Gasteiger partial charge in [-0.15, -0.1) is 0 Å². The number of esters is 2. The third-order valence-electron chi connectivity index (χ3n) is 7.14. The van der Waals surface area contributed by atoms with Crippen LogP contribution >= 0.6 is 0 Å². The molecule has 1 aliphatic carbocycles. The zero-order valence-corrected chi connectivity index (χ0v) is 21.4. The van der Waals surface area contributed by atoms with Crippen LogP contribution in [0.1, 0.15) is 82.3 Å². The fraction of sp³-hybridized carbons (Fsp3) is 0.586. The topological polar surface area (TPSA) is 93.1 Å². The molecule has 0 bridgehead atoms. The number of rotatable bonds is 14. The van der Waals surface area contributed by atoms with Gasteiger partial charge in [0, 0.05) is 0 Å². The Bertz CT molecular complexity index is 816. The van der Waals surface area contributed by atoms with Gasteiger partial charge in [-0.2, -0.15) is 0 Å². The van der Waals surface area contributed by atoms with Gasteiger partial charge in [-0.1, -0.05) is 70.0 Å². The van der Waals surface area contributed by atoms with Crippen LogP contribution in [0.5, 0.6) is 0 Å². The third-order valence-corrected chi connectivity index (χ3v) is 7.14. The number of aliphatic hydroxyl groups is 2. The van der Waals surface area contributed by atoms with Crippen molar-refractivity contribution in [2.24, 2.45) is 5.92 Å². The van der Waals surface area contributed by atoms with Crippen molar-refractivity contribution in [3.8, 4) is 0 Å². The smallest absolute Gasteiger partial charge is 0.335 e. The van der Waals surface area contributed by atoms with Crippen molar-refractivity contribution in [2.75, 3.05) is 26.4 Å². The van der Waals surface area contributed by atoms with Crippen LogP contribution in [0, 0.1) is 5.92 Å². The lowest BCUT2D eigenvalue weighted by Gasteiger charge is -2.31. The first-order chi connectivity index (χ1) is 16.7. The molecule has 1 aliphatic rings. The molecular weight excluding hydrogens is 444 g/mol. The summed E-state index contributed by atoms with van der Waals surface area (Å²) in [6, 6.07) is 8.26. The fourth-order valence-electron chi connectivity index (χ4n) is 4.62. The lowest BCUT2D eigenvalue weighted by Crippen LogP contribution is -2.36. The van der Waals surface area contributed by atoms with Gasteiger partial charge in [-0.05, 0) is 55.6 Å². The lowest BCUT2D eigenvalue weighted by atomic mass is 9.76. The molecule has 0 spiro atoms. The summed E-state index contributed by atoms with van der Waals surface area (Å²) >= 11 is 0. The van der Waals surface area contributed by atoms with Gasteiger partial charge in [0.1, 0.15) is 13.2 Å². The summed E-state index contributed by atoms with van der Waals surface area (Å²) in [5.41, 5.74) is 1.25. The van der Waals surface area contributed by atoms with Gasteiger partial charge < -0.3 is 19.7 Å². The Morgan fingerprint density at radius 2 is 1.43 bits per heavy atom. The molecule has 1 saturated carbocycles. The van der Waals surface area contributed by atoms with Crippen LogP contribution in [0.4, 0.5) is 0 Å². The van der Waals surface area contributed by atoms with E-state index in [0.717, 1.165) is 11.5 Å². The maximum Gasteiger partial charge on any atom is 0.335 e. The Balaban J connectivity index is 2.08. The van der Waals surface area contributed by atoms with Crippen LogP contribution in [0.2, 0.25) is 0 Å². The van der Waals surface area contributed by atoms with E-state index >= 15 is 0 Å². The molecule has 6 nitrogen and oxygen atoms in total. The summed E-state index contributed by atoms with van der Waals surface area (Å²) in [6.45, 7) is 9.97. The Hall–Kier alpha value is -2.44. The predicted molar refractivity (Wildman–Crippen MR) is 137 cm³/mol. The summed E-state index contributed by atoms with van der Waals surface area (Å²) in [5.74, 6) is 0.00972. The van der Waals surface area contributed by atoms with E-state index in [1.165, 1.54) is 56.9 Å². The SMILES string of the molecule is C=C(CO)C(=O)OCC(C)(COC(=O)C(=C)CO)c1ccc(C2CCC(CCCCC)CC2)cc1. The Morgan fingerprint density at radius 3 is 1.89 bits per heavy atom.